The molecule has 0 aliphatic rings. The monoisotopic (exact) mass is 304 g/mol. The van der Waals surface area contributed by atoms with Crippen LogP contribution in [0.25, 0.3) is 11.4 Å². The van der Waals surface area contributed by atoms with Crippen molar-refractivity contribution in [1.29, 1.82) is 0 Å². The van der Waals surface area contributed by atoms with Gasteiger partial charge in [-0.15, -0.1) is 11.3 Å². The summed E-state index contributed by atoms with van der Waals surface area (Å²) in [5.74, 6) is -0.0584. The maximum Gasteiger partial charge on any atom is 0.233 e. The van der Waals surface area contributed by atoms with Crippen molar-refractivity contribution in [2.45, 2.75) is 26.7 Å². The van der Waals surface area contributed by atoms with E-state index in [-0.39, 0.29) is 5.91 Å². The van der Waals surface area contributed by atoms with Crippen LogP contribution in [0.4, 0.5) is 5.13 Å². The van der Waals surface area contributed by atoms with Crippen molar-refractivity contribution in [3.8, 4) is 11.4 Å². The Morgan fingerprint density at radius 2 is 2.10 bits per heavy atom. The van der Waals surface area contributed by atoms with E-state index in [2.05, 4.69) is 15.3 Å². The minimum Gasteiger partial charge on any atom is -0.329 e. The quantitative estimate of drug-likeness (QED) is 0.860. The van der Waals surface area contributed by atoms with E-state index in [0.29, 0.717) is 24.5 Å². The van der Waals surface area contributed by atoms with Crippen molar-refractivity contribution >= 4 is 22.4 Å². The first kappa shape index (κ1) is 15.6. The molecule has 0 saturated carbocycles. The highest BCUT2D eigenvalue weighted by atomic mass is 32.1. The average molecular weight is 304 g/mol. The highest BCUT2D eigenvalue weighted by Crippen LogP contribution is 2.29. The summed E-state index contributed by atoms with van der Waals surface area (Å²) in [5, 5.41) is 5.36. The fourth-order valence-corrected chi connectivity index (χ4v) is 2.84. The second-order valence-corrected chi connectivity index (χ2v) is 5.76. The lowest BCUT2D eigenvalue weighted by molar-refractivity contribution is -0.125. The zero-order valence-electron chi connectivity index (χ0n) is 12.3. The van der Waals surface area contributed by atoms with Crippen LogP contribution in [-0.2, 0) is 4.79 Å². The summed E-state index contributed by atoms with van der Waals surface area (Å²) in [4.78, 5) is 21.1. The predicted octanol–water partition coefficient (Wildman–Crippen LogP) is 2.91. The average Bonchev–Trinajstić information content (AvgIpc) is 2.99. The Kier molecular flexibility index (Phi) is 5.03. The van der Waals surface area contributed by atoms with Crippen LogP contribution >= 0.6 is 11.3 Å². The van der Waals surface area contributed by atoms with E-state index >= 15 is 0 Å². The fourth-order valence-electron chi connectivity index (χ4n) is 2.15. The summed E-state index contributed by atoms with van der Waals surface area (Å²) in [5.41, 5.74) is 6.84. The molecule has 0 spiro atoms. The van der Waals surface area contributed by atoms with Crippen LogP contribution in [0.3, 0.4) is 0 Å². The highest BCUT2D eigenvalue weighted by molar-refractivity contribution is 7.14. The van der Waals surface area contributed by atoms with Gasteiger partial charge in [0.15, 0.2) is 5.13 Å². The lowest BCUT2D eigenvalue weighted by Crippen LogP contribution is -2.41. The molecule has 0 aliphatic carbocycles. The number of carbonyl (C=O) groups excluding carboxylic acids is 1. The molecule has 1 amide bonds. The first-order valence-electron chi connectivity index (χ1n) is 7.03. The Labute approximate surface area is 128 Å². The summed E-state index contributed by atoms with van der Waals surface area (Å²) < 4.78 is 0. The number of hydrogen-bond acceptors (Lipinski definition) is 5. The van der Waals surface area contributed by atoms with E-state index in [1.54, 1.807) is 6.20 Å². The van der Waals surface area contributed by atoms with Crippen LogP contribution < -0.4 is 11.1 Å². The molecule has 0 aromatic carbocycles. The topological polar surface area (TPSA) is 80.9 Å². The van der Waals surface area contributed by atoms with Gasteiger partial charge in [-0.3, -0.25) is 9.78 Å². The third-order valence-electron chi connectivity index (χ3n) is 3.88. The van der Waals surface area contributed by atoms with Gasteiger partial charge < -0.3 is 11.1 Å². The first-order chi connectivity index (χ1) is 10.1. The molecule has 2 heterocycles. The van der Waals surface area contributed by atoms with Gasteiger partial charge in [0, 0.05) is 18.1 Å². The second-order valence-electron chi connectivity index (χ2n) is 4.90. The molecule has 0 radical (unpaired) electrons. The van der Waals surface area contributed by atoms with E-state index in [1.807, 2.05) is 37.4 Å². The van der Waals surface area contributed by atoms with Gasteiger partial charge >= 0.3 is 0 Å². The van der Waals surface area contributed by atoms with E-state index < -0.39 is 5.41 Å². The van der Waals surface area contributed by atoms with Crippen molar-refractivity contribution in [3.63, 3.8) is 0 Å². The fraction of sp³-hybridized carbons (Fsp3) is 0.400. The van der Waals surface area contributed by atoms with E-state index in [4.69, 9.17) is 5.73 Å². The molecule has 0 unspecified atom stereocenters. The second kappa shape index (κ2) is 6.78. The van der Waals surface area contributed by atoms with Crippen LogP contribution in [0.2, 0.25) is 0 Å². The van der Waals surface area contributed by atoms with Crippen LogP contribution in [-0.4, -0.2) is 22.4 Å². The number of hydrogen-bond donors (Lipinski definition) is 2. The molecule has 21 heavy (non-hydrogen) atoms. The summed E-state index contributed by atoms with van der Waals surface area (Å²) in [7, 11) is 0. The molecule has 0 fully saturated rings. The van der Waals surface area contributed by atoms with Gasteiger partial charge in [0.2, 0.25) is 5.91 Å². The zero-order valence-corrected chi connectivity index (χ0v) is 13.1. The molecule has 0 aliphatic heterocycles. The van der Waals surface area contributed by atoms with Crippen molar-refractivity contribution in [1.82, 2.24) is 9.97 Å². The molecule has 0 bridgehead atoms. The minimum absolute atomic E-state index is 0.0584. The smallest absolute Gasteiger partial charge is 0.233 e. The molecule has 6 heteroatoms. The standard InChI is InChI=1S/C15H20N4OS/c1-3-15(4-2,10-16)13(20)19-14-18-12(9-21-14)11-7-5-6-8-17-11/h5-9H,3-4,10,16H2,1-2H3,(H,18,19,20). The van der Waals surface area contributed by atoms with E-state index in [0.717, 1.165) is 11.4 Å². The van der Waals surface area contributed by atoms with Crippen LogP contribution in [0, 0.1) is 5.41 Å². The summed E-state index contributed by atoms with van der Waals surface area (Å²) in [6.45, 7) is 4.30. The maximum atomic E-state index is 12.4. The zero-order chi connectivity index (χ0) is 15.3. The van der Waals surface area contributed by atoms with Gasteiger partial charge in [0.05, 0.1) is 11.1 Å². The number of rotatable bonds is 6. The molecule has 2 aromatic rings. The molecule has 2 aromatic heterocycles. The highest BCUT2D eigenvalue weighted by Gasteiger charge is 2.33. The number of nitrogens with one attached hydrogen (secondary N) is 1. The van der Waals surface area contributed by atoms with Gasteiger partial charge in [0.25, 0.3) is 0 Å². The Morgan fingerprint density at radius 1 is 1.33 bits per heavy atom. The SMILES string of the molecule is CCC(CC)(CN)C(=O)Nc1nc(-c2ccccn2)cs1. The minimum atomic E-state index is -0.517. The predicted molar refractivity (Wildman–Crippen MR) is 86.0 cm³/mol. The van der Waals surface area contributed by atoms with E-state index in [1.165, 1.54) is 11.3 Å². The molecular formula is C15H20N4OS. The van der Waals surface area contributed by atoms with Gasteiger partial charge in [0.1, 0.15) is 5.69 Å². The maximum absolute atomic E-state index is 12.4. The largest absolute Gasteiger partial charge is 0.329 e. The van der Waals surface area contributed by atoms with Crippen molar-refractivity contribution in [3.05, 3.63) is 29.8 Å². The summed E-state index contributed by atoms with van der Waals surface area (Å²) >= 11 is 1.40. The number of thiazole rings is 1. The first-order valence-corrected chi connectivity index (χ1v) is 7.91. The number of nitrogens with two attached hydrogens (primary N) is 1. The van der Waals surface area contributed by atoms with Crippen LogP contribution in [0.5, 0.6) is 0 Å². The normalized spacial score (nSPS) is 11.4. The lowest BCUT2D eigenvalue weighted by atomic mass is 9.81. The number of pyridine rings is 1. The van der Waals surface area contributed by atoms with Crippen LogP contribution in [0.1, 0.15) is 26.7 Å². The lowest BCUT2D eigenvalue weighted by Gasteiger charge is -2.27. The van der Waals surface area contributed by atoms with E-state index in [9.17, 15) is 4.79 Å². The molecule has 5 nitrogen and oxygen atoms in total. The van der Waals surface area contributed by atoms with Gasteiger partial charge in [-0.25, -0.2) is 4.98 Å². The van der Waals surface area contributed by atoms with Crippen molar-refractivity contribution < 1.29 is 4.79 Å². The van der Waals surface area contributed by atoms with Gasteiger partial charge in [-0.2, -0.15) is 0 Å². The third-order valence-corrected chi connectivity index (χ3v) is 4.64. The summed E-state index contributed by atoms with van der Waals surface area (Å²) in [6.07, 6.45) is 3.15. The number of anilines is 1. The number of nitrogens with zero attached hydrogens (tertiary/aromatic N) is 2. The molecule has 0 atom stereocenters. The summed E-state index contributed by atoms with van der Waals surface area (Å²) in [6, 6.07) is 5.66. The van der Waals surface area contributed by atoms with Crippen molar-refractivity contribution in [2.24, 2.45) is 11.1 Å². The van der Waals surface area contributed by atoms with Crippen LogP contribution in [0.15, 0.2) is 29.8 Å². The molecule has 3 N–H and O–H groups in total. The number of amides is 1. The Hall–Kier alpha value is -1.79. The Morgan fingerprint density at radius 3 is 2.67 bits per heavy atom. The Bertz CT molecular complexity index is 584. The number of aromatic nitrogens is 2. The molecule has 2 rings (SSSR count). The molecule has 112 valence electrons. The molecular weight excluding hydrogens is 284 g/mol. The third kappa shape index (κ3) is 3.28. The Balaban J connectivity index is 2.14. The van der Waals surface area contributed by atoms with Gasteiger partial charge in [-0.05, 0) is 25.0 Å². The van der Waals surface area contributed by atoms with Gasteiger partial charge in [-0.1, -0.05) is 19.9 Å². The van der Waals surface area contributed by atoms with Crippen molar-refractivity contribution in [2.75, 3.05) is 11.9 Å². The molecule has 0 saturated heterocycles. The number of carbonyl (C=O) groups is 1.